The summed E-state index contributed by atoms with van der Waals surface area (Å²) >= 11 is 6.22. The summed E-state index contributed by atoms with van der Waals surface area (Å²) in [5.41, 5.74) is 4.06. The monoisotopic (exact) mass is 516 g/mol. The summed E-state index contributed by atoms with van der Waals surface area (Å²) in [4.78, 5) is 24.2. The van der Waals surface area contributed by atoms with Crippen LogP contribution in [0.4, 0.5) is 10.6 Å². The third-order valence-corrected chi connectivity index (χ3v) is 7.11. The fourth-order valence-corrected chi connectivity index (χ4v) is 4.69. The first-order chi connectivity index (χ1) is 17.8. The van der Waals surface area contributed by atoms with Gasteiger partial charge in [-0.25, -0.2) is 9.48 Å². The molecule has 9 heteroatoms. The molecule has 1 fully saturated rings. The number of carbonyl (C=O) groups is 2. The van der Waals surface area contributed by atoms with E-state index in [2.05, 4.69) is 15.6 Å². The van der Waals surface area contributed by atoms with Gasteiger partial charge in [0.15, 0.2) is 5.82 Å². The lowest BCUT2D eigenvalue weighted by Crippen LogP contribution is -2.19. The summed E-state index contributed by atoms with van der Waals surface area (Å²) < 4.78 is 7.00. The smallest absolute Gasteiger partial charge is 0.413 e. The summed E-state index contributed by atoms with van der Waals surface area (Å²) in [5, 5.41) is 21.1. The van der Waals surface area contributed by atoms with Crippen molar-refractivity contribution >= 4 is 29.5 Å². The second-order valence-corrected chi connectivity index (χ2v) is 9.55. The minimum Gasteiger partial charge on any atom is -0.481 e. The quantitative estimate of drug-likeness (QED) is 0.301. The highest BCUT2D eigenvalue weighted by Crippen LogP contribution is 2.48. The number of nitrogens with zero attached hydrogens (tertiary/aromatic N) is 3. The zero-order valence-corrected chi connectivity index (χ0v) is 21.1. The second kappa shape index (κ2) is 9.71. The van der Waals surface area contributed by atoms with E-state index >= 15 is 0 Å². The predicted octanol–water partition coefficient (Wildman–Crippen LogP) is 6.23. The maximum Gasteiger partial charge on any atom is 0.413 e. The van der Waals surface area contributed by atoms with E-state index in [0.29, 0.717) is 34.9 Å². The first kappa shape index (κ1) is 24.5. The zero-order chi connectivity index (χ0) is 26.2. The molecule has 1 aliphatic rings. The van der Waals surface area contributed by atoms with Crippen LogP contribution in [0.2, 0.25) is 5.02 Å². The molecule has 2 N–H and O–H groups in total. The third-order valence-electron chi connectivity index (χ3n) is 6.76. The molecule has 0 spiro atoms. The van der Waals surface area contributed by atoms with E-state index < -0.39 is 23.6 Å². The average Bonchev–Trinajstić information content (AvgIpc) is 3.64. The van der Waals surface area contributed by atoms with Crippen LogP contribution in [0.25, 0.3) is 22.4 Å². The summed E-state index contributed by atoms with van der Waals surface area (Å²) in [6.45, 7) is 1.75. The molecule has 188 valence electrons. The second-order valence-electron chi connectivity index (χ2n) is 9.15. The van der Waals surface area contributed by atoms with E-state index in [1.807, 2.05) is 66.7 Å². The number of carbonyl (C=O) groups excluding carboxylic acids is 1. The Morgan fingerprint density at radius 2 is 1.59 bits per heavy atom. The van der Waals surface area contributed by atoms with Crippen LogP contribution in [-0.2, 0) is 22.0 Å². The number of anilines is 1. The van der Waals surface area contributed by atoms with Gasteiger partial charge in [-0.3, -0.25) is 10.1 Å². The largest absolute Gasteiger partial charge is 0.481 e. The normalized spacial score (nSPS) is 14.6. The number of carboxylic acids is 1. The highest BCUT2D eigenvalue weighted by atomic mass is 35.5. The van der Waals surface area contributed by atoms with Crippen LogP contribution in [0, 0.1) is 0 Å². The molecule has 3 aromatic carbocycles. The van der Waals surface area contributed by atoms with Gasteiger partial charge in [0, 0.05) is 23.2 Å². The fraction of sp³-hybridized carbons (Fsp3) is 0.214. The van der Waals surface area contributed by atoms with Crippen molar-refractivity contribution in [2.75, 3.05) is 5.32 Å². The predicted molar refractivity (Wildman–Crippen MR) is 140 cm³/mol. The summed E-state index contributed by atoms with van der Waals surface area (Å²) in [6.07, 6.45) is 0.161. The van der Waals surface area contributed by atoms with Crippen molar-refractivity contribution in [1.82, 2.24) is 15.0 Å². The van der Waals surface area contributed by atoms with Crippen molar-refractivity contribution in [2.24, 2.45) is 7.05 Å². The minimum absolute atomic E-state index is 0.400. The van der Waals surface area contributed by atoms with E-state index in [-0.39, 0.29) is 0 Å². The summed E-state index contributed by atoms with van der Waals surface area (Å²) in [7, 11) is 1.68. The van der Waals surface area contributed by atoms with Gasteiger partial charge in [0.1, 0.15) is 11.8 Å². The van der Waals surface area contributed by atoms with Crippen LogP contribution >= 0.6 is 11.6 Å². The Morgan fingerprint density at radius 3 is 2.19 bits per heavy atom. The topological polar surface area (TPSA) is 106 Å². The van der Waals surface area contributed by atoms with Crippen molar-refractivity contribution < 1.29 is 19.4 Å². The summed E-state index contributed by atoms with van der Waals surface area (Å²) in [6, 6.07) is 22.6. The van der Waals surface area contributed by atoms with Crippen LogP contribution < -0.4 is 5.32 Å². The number of aromatic nitrogens is 3. The lowest BCUT2D eigenvalue weighted by molar-refractivity contribution is -0.140. The van der Waals surface area contributed by atoms with E-state index in [0.717, 1.165) is 22.3 Å². The molecule has 0 aliphatic heterocycles. The van der Waals surface area contributed by atoms with Crippen molar-refractivity contribution in [2.45, 2.75) is 31.3 Å². The van der Waals surface area contributed by atoms with Gasteiger partial charge in [-0.05, 0) is 42.5 Å². The third kappa shape index (κ3) is 4.80. The molecular formula is C28H25ClN4O4. The van der Waals surface area contributed by atoms with Gasteiger partial charge in [-0.1, -0.05) is 83.5 Å². The Morgan fingerprint density at radius 1 is 1.00 bits per heavy atom. The number of ether oxygens (including phenoxy) is 1. The Bertz CT molecular complexity index is 1460. The van der Waals surface area contributed by atoms with Crippen molar-refractivity contribution in [3.05, 3.63) is 88.9 Å². The first-order valence-electron chi connectivity index (χ1n) is 11.8. The number of amides is 1. The molecule has 1 heterocycles. The number of rotatable bonds is 7. The lowest BCUT2D eigenvalue weighted by atomic mass is 9.93. The maximum atomic E-state index is 12.6. The molecular weight excluding hydrogens is 492 g/mol. The molecule has 1 saturated carbocycles. The van der Waals surface area contributed by atoms with Gasteiger partial charge < -0.3 is 9.84 Å². The van der Waals surface area contributed by atoms with Crippen molar-refractivity contribution in [1.29, 1.82) is 0 Å². The van der Waals surface area contributed by atoms with Crippen molar-refractivity contribution in [3.63, 3.8) is 0 Å². The molecule has 1 unspecified atom stereocenters. The van der Waals surface area contributed by atoms with Gasteiger partial charge in [0.05, 0.1) is 5.41 Å². The molecule has 0 bridgehead atoms. The number of hydrogen-bond donors (Lipinski definition) is 2. The Balaban J connectivity index is 1.30. The Labute approximate surface area is 218 Å². The molecule has 1 aromatic heterocycles. The number of carboxylic acid groups (broad SMARTS) is 1. The van der Waals surface area contributed by atoms with Crippen LogP contribution in [0.3, 0.4) is 0 Å². The SMILES string of the molecule is CC(OC(=O)Nc1c(-c2ccc(-c3ccc(C4(C(=O)O)CC4)cc3)cc2)nnn1C)c1ccccc1Cl. The first-order valence-corrected chi connectivity index (χ1v) is 12.2. The van der Waals surface area contributed by atoms with Gasteiger partial charge >= 0.3 is 12.1 Å². The number of aliphatic carboxylic acids is 1. The van der Waals surface area contributed by atoms with E-state index in [1.54, 1.807) is 20.0 Å². The van der Waals surface area contributed by atoms with Crippen LogP contribution in [0.5, 0.6) is 0 Å². The molecule has 4 aromatic rings. The number of nitrogens with one attached hydrogen (secondary N) is 1. The molecule has 1 amide bonds. The highest BCUT2D eigenvalue weighted by molar-refractivity contribution is 6.31. The van der Waals surface area contributed by atoms with Gasteiger partial charge in [0.2, 0.25) is 0 Å². The maximum absolute atomic E-state index is 12.6. The van der Waals surface area contributed by atoms with E-state index in [1.165, 1.54) is 4.68 Å². The Hall–Kier alpha value is -4.17. The molecule has 1 aliphatic carbocycles. The average molecular weight is 517 g/mol. The fourth-order valence-electron chi connectivity index (χ4n) is 4.40. The highest BCUT2D eigenvalue weighted by Gasteiger charge is 2.51. The molecule has 0 radical (unpaired) electrons. The van der Waals surface area contributed by atoms with Crippen LogP contribution in [0.1, 0.15) is 37.0 Å². The molecule has 1 atom stereocenters. The number of halogens is 1. The van der Waals surface area contributed by atoms with Crippen LogP contribution in [0.15, 0.2) is 72.8 Å². The van der Waals surface area contributed by atoms with Gasteiger partial charge in [-0.15, -0.1) is 5.10 Å². The van der Waals surface area contributed by atoms with Crippen LogP contribution in [-0.4, -0.2) is 32.2 Å². The lowest BCUT2D eigenvalue weighted by Gasteiger charge is -2.15. The van der Waals surface area contributed by atoms with Gasteiger partial charge in [0.25, 0.3) is 0 Å². The Kier molecular flexibility index (Phi) is 6.43. The zero-order valence-electron chi connectivity index (χ0n) is 20.3. The number of hydrogen-bond acceptors (Lipinski definition) is 5. The van der Waals surface area contributed by atoms with Gasteiger partial charge in [-0.2, -0.15) is 0 Å². The molecule has 8 nitrogen and oxygen atoms in total. The van der Waals surface area contributed by atoms with E-state index in [4.69, 9.17) is 16.3 Å². The molecule has 0 saturated heterocycles. The summed E-state index contributed by atoms with van der Waals surface area (Å²) in [5.74, 6) is -0.364. The molecule has 5 rings (SSSR count). The van der Waals surface area contributed by atoms with E-state index in [9.17, 15) is 14.7 Å². The molecule has 37 heavy (non-hydrogen) atoms. The number of benzene rings is 3. The minimum atomic E-state index is -0.764. The number of aryl methyl sites for hydroxylation is 1. The standard InChI is InChI=1S/C28H25ClN4O4/c1-17(22-5-3-4-6-23(22)29)37-27(36)30-25-24(31-32-33(25)2)20-9-7-18(8-10-20)19-11-13-21(14-12-19)28(15-16-28)26(34)35/h3-14,17H,15-16H2,1-2H3,(H,30,36)(H,34,35). The van der Waals surface area contributed by atoms with Crippen molar-refractivity contribution in [3.8, 4) is 22.4 Å².